The Morgan fingerprint density at radius 3 is 2.34 bits per heavy atom. The van der Waals surface area contributed by atoms with Gasteiger partial charge in [-0.1, -0.05) is 59.6 Å². The molecule has 12 heteroatoms. The quantitative estimate of drug-likeness (QED) is 0.277. The molecule has 1 aromatic heterocycles. The van der Waals surface area contributed by atoms with Crippen LogP contribution in [0, 0.1) is 0 Å². The molecule has 2 amide bonds. The van der Waals surface area contributed by atoms with Crippen molar-refractivity contribution in [2.24, 2.45) is 0 Å². The minimum Gasteiger partial charge on any atom is -0.278 e. The minimum atomic E-state index is -4.08. The summed E-state index contributed by atoms with van der Waals surface area (Å²) in [4.78, 5) is 24.7. The van der Waals surface area contributed by atoms with E-state index in [9.17, 15) is 18.0 Å². The van der Waals surface area contributed by atoms with E-state index in [1.165, 1.54) is 42.5 Å². The fourth-order valence-corrected chi connectivity index (χ4v) is 4.54. The molecule has 4 aromatic rings. The van der Waals surface area contributed by atoms with E-state index < -0.39 is 21.8 Å². The number of carbonyl (C=O) groups is 2. The Morgan fingerprint density at radius 1 is 0.829 bits per heavy atom. The minimum absolute atomic E-state index is 0.0000451. The Morgan fingerprint density at radius 2 is 1.57 bits per heavy atom. The average Bonchev–Trinajstić information content (AvgIpc) is 3.36. The van der Waals surface area contributed by atoms with Gasteiger partial charge in [0.25, 0.3) is 21.8 Å². The number of hydrogen-bond donors (Lipinski definition) is 4. The van der Waals surface area contributed by atoms with Crippen LogP contribution in [0.15, 0.2) is 83.8 Å². The van der Waals surface area contributed by atoms with Gasteiger partial charge >= 0.3 is 0 Å². The van der Waals surface area contributed by atoms with Gasteiger partial charge in [0.1, 0.15) is 5.69 Å². The van der Waals surface area contributed by atoms with Crippen molar-refractivity contribution in [3.63, 3.8) is 0 Å². The van der Waals surface area contributed by atoms with Gasteiger partial charge in [0.15, 0.2) is 0 Å². The van der Waals surface area contributed by atoms with Crippen LogP contribution in [-0.2, 0) is 10.0 Å². The summed E-state index contributed by atoms with van der Waals surface area (Å²) in [6, 6.07) is 20.4. The van der Waals surface area contributed by atoms with Crippen molar-refractivity contribution in [1.29, 1.82) is 0 Å². The number of benzene rings is 3. The molecule has 178 valence electrons. The number of amides is 2. The summed E-state index contributed by atoms with van der Waals surface area (Å²) in [7, 11) is -4.08. The number of halogens is 2. The molecule has 0 unspecified atom stereocenters. The molecule has 0 atom stereocenters. The van der Waals surface area contributed by atoms with Gasteiger partial charge in [-0.2, -0.15) is 5.10 Å². The number of hydrazine groups is 1. The zero-order valence-electron chi connectivity index (χ0n) is 17.7. The van der Waals surface area contributed by atoms with Crippen LogP contribution in [0.1, 0.15) is 20.8 Å². The van der Waals surface area contributed by atoms with Gasteiger partial charge in [0.2, 0.25) is 0 Å². The maximum atomic E-state index is 12.8. The topological polar surface area (TPSA) is 133 Å². The maximum absolute atomic E-state index is 12.8. The van der Waals surface area contributed by atoms with Crippen LogP contribution >= 0.6 is 23.2 Å². The number of carbonyl (C=O) groups excluding carboxylic acids is 2. The van der Waals surface area contributed by atoms with E-state index in [2.05, 4.69) is 25.8 Å². The Hall–Kier alpha value is -3.86. The molecular weight excluding hydrogens is 513 g/mol. The van der Waals surface area contributed by atoms with Crippen molar-refractivity contribution in [3.8, 4) is 11.3 Å². The zero-order valence-corrected chi connectivity index (χ0v) is 20.1. The lowest BCUT2D eigenvalue weighted by atomic mass is 10.1. The molecular formula is C23H17Cl2N5O4S. The smallest absolute Gasteiger partial charge is 0.278 e. The third-order valence-corrected chi connectivity index (χ3v) is 6.69. The van der Waals surface area contributed by atoms with Gasteiger partial charge < -0.3 is 0 Å². The van der Waals surface area contributed by atoms with Crippen LogP contribution in [0.3, 0.4) is 0 Å². The molecule has 0 aliphatic heterocycles. The lowest BCUT2D eigenvalue weighted by molar-refractivity contribution is 0.0844. The van der Waals surface area contributed by atoms with Crippen LogP contribution in [0.2, 0.25) is 10.0 Å². The van der Waals surface area contributed by atoms with E-state index in [4.69, 9.17) is 23.2 Å². The normalized spacial score (nSPS) is 11.0. The number of aromatic amines is 1. The summed E-state index contributed by atoms with van der Waals surface area (Å²) < 4.78 is 27.9. The van der Waals surface area contributed by atoms with Crippen molar-refractivity contribution in [1.82, 2.24) is 21.0 Å². The Labute approximate surface area is 210 Å². The molecule has 0 bridgehead atoms. The Balaban J connectivity index is 1.43. The fraction of sp³-hybridized carbons (Fsp3) is 0. The van der Waals surface area contributed by atoms with Gasteiger partial charge in [-0.25, -0.2) is 8.42 Å². The number of hydrogen-bond acceptors (Lipinski definition) is 5. The largest absolute Gasteiger partial charge is 0.287 e. The standard InChI is InChI=1S/C23H17Cl2N5O4S/c24-16-9-10-18(25)20(12-16)30-35(33,34)17-8-4-7-15(11-17)22(31)28-29-23(32)21-13-19(26-27-21)14-5-2-1-3-6-14/h1-13,30H,(H,26,27)(H,28,31)(H,29,32). The van der Waals surface area contributed by atoms with Gasteiger partial charge in [-0.05, 0) is 42.5 Å². The number of nitrogens with zero attached hydrogens (tertiary/aromatic N) is 1. The number of H-pyrrole nitrogens is 1. The molecule has 0 fully saturated rings. The molecule has 4 rings (SSSR count). The number of nitrogens with one attached hydrogen (secondary N) is 4. The van der Waals surface area contributed by atoms with Crippen LogP contribution < -0.4 is 15.6 Å². The first-order valence-corrected chi connectivity index (χ1v) is 12.3. The first-order valence-electron chi connectivity index (χ1n) is 10.0. The molecule has 0 saturated carbocycles. The van der Waals surface area contributed by atoms with E-state index >= 15 is 0 Å². The third-order valence-electron chi connectivity index (χ3n) is 4.76. The Bertz CT molecular complexity index is 1510. The lowest BCUT2D eigenvalue weighted by Gasteiger charge is -2.11. The van der Waals surface area contributed by atoms with E-state index in [-0.39, 0.29) is 26.9 Å². The van der Waals surface area contributed by atoms with Crippen molar-refractivity contribution in [2.45, 2.75) is 4.90 Å². The second-order valence-corrected chi connectivity index (χ2v) is 9.72. The van der Waals surface area contributed by atoms with Crippen molar-refractivity contribution in [3.05, 3.63) is 100 Å². The highest BCUT2D eigenvalue weighted by atomic mass is 35.5. The monoisotopic (exact) mass is 529 g/mol. The molecule has 9 nitrogen and oxygen atoms in total. The highest BCUT2D eigenvalue weighted by Crippen LogP contribution is 2.28. The second-order valence-electron chi connectivity index (χ2n) is 7.20. The Kier molecular flexibility index (Phi) is 7.06. The van der Waals surface area contributed by atoms with Crippen LogP contribution in [0.5, 0.6) is 0 Å². The highest BCUT2D eigenvalue weighted by Gasteiger charge is 2.19. The zero-order chi connectivity index (χ0) is 25.0. The highest BCUT2D eigenvalue weighted by molar-refractivity contribution is 7.92. The number of sulfonamides is 1. The molecule has 0 spiro atoms. The molecule has 35 heavy (non-hydrogen) atoms. The molecule has 0 radical (unpaired) electrons. The third kappa shape index (κ3) is 5.80. The predicted octanol–water partition coefficient (Wildman–Crippen LogP) is 4.26. The van der Waals surface area contributed by atoms with Crippen molar-refractivity contribution >= 4 is 50.7 Å². The first-order chi connectivity index (χ1) is 16.7. The molecule has 3 aromatic carbocycles. The van der Waals surface area contributed by atoms with Gasteiger partial charge in [0, 0.05) is 16.1 Å². The fourth-order valence-electron chi connectivity index (χ4n) is 3.03. The molecule has 0 aliphatic rings. The van der Waals surface area contributed by atoms with Crippen molar-refractivity contribution in [2.75, 3.05) is 4.72 Å². The second kappa shape index (κ2) is 10.2. The summed E-state index contributed by atoms with van der Waals surface area (Å²) in [5, 5.41) is 7.15. The van der Waals surface area contributed by atoms with Gasteiger partial charge in [-0.15, -0.1) is 0 Å². The average molecular weight is 530 g/mol. The van der Waals surface area contributed by atoms with Crippen LogP contribution in [-0.4, -0.2) is 30.4 Å². The number of anilines is 1. The SMILES string of the molecule is O=C(NNC(=O)c1cc(-c2ccccc2)n[nH]1)c1cccc(S(=O)(=O)Nc2cc(Cl)ccc2Cl)c1. The molecule has 1 heterocycles. The van der Waals surface area contributed by atoms with Crippen LogP contribution in [0.25, 0.3) is 11.3 Å². The van der Waals surface area contributed by atoms with Crippen molar-refractivity contribution < 1.29 is 18.0 Å². The summed E-state index contributed by atoms with van der Waals surface area (Å²) in [5.74, 6) is -1.35. The maximum Gasteiger partial charge on any atom is 0.287 e. The predicted molar refractivity (Wildman–Crippen MR) is 133 cm³/mol. The summed E-state index contributed by atoms with van der Waals surface area (Å²) in [6.45, 7) is 0. The number of aromatic nitrogens is 2. The van der Waals surface area contributed by atoms with E-state index in [0.29, 0.717) is 10.7 Å². The van der Waals surface area contributed by atoms with E-state index in [1.54, 1.807) is 0 Å². The van der Waals surface area contributed by atoms with Crippen LogP contribution in [0.4, 0.5) is 5.69 Å². The first kappa shape index (κ1) is 24.3. The van der Waals surface area contributed by atoms with E-state index in [0.717, 1.165) is 11.6 Å². The molecule has 4 N–H and O–H groups in total. The molecule has 0 saturated heterocycles. The lowest BCUT2D eigenvalue weighted by Crippen LogP contribution is -2.41. The number of rotatable bonds is 6. The van der Waals surface area contributed by atoms with Gasteiger partial charge in [0.05, 0.1) is 21.3 Å². The summed E-state index contributed by atoms with van der Waals surface area (Å²) in [5.41, 5.74) is 6.12. The van der Waals surface area contributed by atoms with E-state index in [1.807, 2.05) is 30.3 Å². The summed E-state index contributed by atoms with van der Waals surface area (Å²) in [6.07, 6.45) is 0. The molecule has 0 aliphatic carbocycles. The summed E-state index contributed by atoms with van der Waals surface area (Å²) >= 11 is 11.9. The van der Waals surface area contributed by atoms with Gasteiger partial charge in [-0.3, -0.25) is 30.3 Å².